The highest BCUT2D eigenvalue weighted by molar-refractivity contribution is 9.10. The van der Waals surface area contributed by atoms with Gasteiger partial charge in [0.15, 0.2) is 0 Å². The maximum absolute atomic E-state index is 12.0. The number of carbonyl (C=O) groups excluding carboxylic acids is 1. The van der Waals surface area contributed by atoms with Crippen molar-refractivity contribution in [3.05, 3.63) is 58.6 Å². The topological polar surface area (TPSA) is 50.4 Å². The van der Waals surface area contributed by atoms with Crippen molar-refractivity contribution in [2.45, 2.75) is 19.3 Å². The fourth-order valence-electron chi connectivity index (χ4n) is 2.15. The molecule has 0 saturated heterocycles. The van der Waals surface area contributed by atoms with Crippen molar-refractivity contribution < 1.29 is 9.53 Å². The summed E-state index contributed by atoms with van der Waals surface area (Å²) in [5.74, 6) is 0.825. The van der Waals surface area contributed by atoms with Gasteiger partial charge in [0, 0.05) is 22.1 Å². The Labute approximate surface area is 145 Å². The zero-order valence-corrected chi connectivity index (χ0v) is 15.1. The molecule has 0 spiro atoms. The number of carbonyl (C=O) groups is 1. The van der Waals surface area contributed by atoms with Gasteiger partial charge in [-0.05, 0) is 42.0 Å². The van der Waals surface area contributed by atoms with Crippen LogP contribution in [-0.2, 0) is 5.41 Å². The summed E-state index contributed by atoms with van der Waals surface area (Å²) in [5, 5.41) is 5.74. The lowest BCUT2D eigenvalue weighted by molar-refractivity contribution is 0.249. The first-order valence-electron chi connectivity index (χ1n) is 7.36. The molecular weight excluding hydrogens is 356 g/mol. The van der Waals surface area contributed by atoms with Crippen LogP contribution in [0.1, 0.15) is 19.4 Å². The number of anilines is 1. The zero-order valence-electron chi connectivity index (χ0n) is 13.5. The van der Waals surface area contributed by atoms with E-state index in [9.17, 15) is 4.79 Å². The maximum Gasteiger partial charge on any atom is 0.319 e. The highest BCUT2D eigenvalue weighted by Crippen LogP contribution is 2.24. The van der Waals surface area contributed by atoms with Gasteiger partial charge in [-0.1, -0.05) is 41.9 Å². The molecule has 0 unspecified atom stereocenters. The molecule has 5 heteroatoms. The van der Waals surface area contributed by atoms with Gasteiger partial charge in [0.2, 0.25) is 0 Å². The molecular formula is C18H21BrN2O2. The van der Waals surface area contributed by atoms with Crippen LogP contribution in [0, 0.1) is 0 Å². The molecule has 2 N–H and O–H groups in total. The highest BCUT2D eigenvalue weighted by atomic mass is 79.9. The summed E-state index contributed by atoms with van der Waals surface area (Å²) in [6, 6.07) is 15.1. The Hall–Kier alpha value is -2.01. The van der Waals surface area contributed by atoms with E-state index in [0.29, 0.717) is 6.54 Å². The smallest absolute Gasteiger partial charge is 0.319 e. The first-order valence-corrected chi connectivity index (χ1v) is 8.15. The number of nitrogens with one attached hydrogen (secondary N) is 2. The lowest BCUT2D eigenvalue weighted by Crippen LogP contribution is -2.38. The van der Waals surface area contributed by atoms with E-state index in [1.165, 1.54) is 0 Å². The standard InChI is InChI=1S/C18H21BrN2O2/c1-18(2,13-4-10-16(23-3)11-5-13)12-20-17(22)21-15-8-6-14(19)7-9-15/h4-11H,12H2,1-3H3,(H2,20,21,22). The van der Waals surface area contributed by atoms with Crippen molar-refractivity contribution in [3.8, 4) is 5.75 Å². The number of hydrogen-bond donors (Lipinski definition) is 2. The second-order valence-corrected chi connectivity index (χ2v) is 6.84. The molecule has 2 amide bonds. The highest BCUT2D eigenvalue weighted by Gasteiger charge is 2.21. The first kappa shape index (κ1) is 17.3. The summed E-state index contributed by atoms with van der Waals surface area (Å²) in [6.07, 6.45) is 0. The molecule has 2 aromatic rings. The third kappa shape index (κ3) is 4.99. The minimum Gasteiger partial charge on any atom is -0.497 e. The van der Waals surface area contributed by atoms with Crippen molar-refractivity contribution in [2.75, 3.05) is 19.0 Å². The van der Waals surface area contributed by atoms with E-state index in [1.807, 2.05) is 48.5 Å². The van der Waals surface area contributed by atoms with Crippen molar-refractivity contribution in [2.24, 2.45) is 0 Å². The van der Waals surface area contributed by atoms with Crippen molar-refractivity contribution in [1.29, 1.82) is 0 Å². The number of hydrogen-bond acceptors (Lipinski definition) is 2. The van der Waals surface area contributed by atoms with Gasteiger partial charge < -0.3 is 15.4 Å². The van der Waals surface area contributed by atoms with Crippen LogP contribution in [0.25, 0.3) is 0 Å². The number of urea groups is 1. The van der Waals surface area contributed by atoms with Crippen LogP contribution in [0.2, 0.25) is 0 Å². The van der Waals surface area contributed by atoms with Crippen LogP contribution < -0.4 is 15.4 Å². The SMILES string of the molecule is COc1ccc(C(C)(C)CNC(=O)Nc2ccc(Br)cc2)cc1. The molecule has 122 valence electrons. The Morgan fingerprint density at radius 3 is 2.26 bits per heavy atom. The van der Waals surface area contributed by atoms with Crippen molar-refractivity contribution in [1.82, 2.24) is 5.32 Å². The Balaban J connectivity index is 1.92. The Kier molecular flexibility index (Phi) is 5.66. The Morgan fingerprint density at radius 2 is 1.70 bits per heavy atom. The molecule has 2 rings (SSSR count). The molecule has 0 atom stereocenters. The van der Waals surface area contributed by atoms with Gasteiger partial charge in [0.05, 0.1) is 7.11 Å². The maximum atomic E-state index is 12.0. The number of methoxy groups -OCH3 is 1. The predicted octanol–water partition coefficient (Wildman–Crippen LogP) is 4.56. The lowest BCUT2D eigenvalue weighted by Gasteiger charge is -2.26. The second-order valence-electron chi connectivity index (χ2n) is 5.93. The molecule has 0 aliphatic heterocycles. The van der Waals surface area contributed by atoms with E-state index in [4.69, 9.17) is 4.74 Å². The van der Waals surface area contributed by atoms with Gasteiger partial charge in [-0.15, -0.1) is 0 Å². The molecule has 23 heavy (non-hydrogen) atoms. The fraction of sp³-hybridized carbons (Fsp3) is 0.278. The summed E-state index contributed by atoms with van der Waals surface area (Å²) in [5.41, 5.74) is 1.72. The van der Waals surface area contributed by atoms with Gasteiger partial charge in [0.1, 0.15) is 5.75 Å². The van der Waals surface area contributed by atoms with E-state index in [0.717, 1.165) is 21.5 Å². The predicted molar refractivity (Wildman–Crippen MR) is 97.2 cm³/mol. The lowest BCUT2D eigenvalue weighted by atomic mass is 9.84. The van der Waals surface area contributed by atoms with E-state index >= 15 is 0 Å². The van der Waals surface area contributed by atoms with Crippen LogP contribution in [0.4, 0.5) is 10.5 Å². The molecule has 4 nitrogen and oxygen atoms in total. The van der Waals surface area contributed by atoms with E-state index in [2.05, 4.69) is 40.4 Å². The third-order valence-electron chi connectivity index (χ3n) is 3.66. The monoisotopic (exact) mass is 376 g/mol. The molecule has 0 saturated carbocycles. The van der Waals surface area contributed by atoms with Crippen molar-refractivity contribution in [3.63, 3.8) is 0 Å². The van der Waals surface area contributed by atoms with E-state index < -0.39 is 0 Å². The molecule has 0 radical (unpaired) electrons. The molecule has 0 bridgehead atoms. The van der Waals surface area contributed by atoms with Gasteiger partial charge in [-0.2, -0.15) is 0 Å². The van der Waals surface area contributed by atoms with E-state index in [-0.39, 0.29) is 11.4 Å². The number of halogens is 1. The largest absolute Gasteiger partial charge is 0.497 e. The molecule has 0 heterocycles. The summed E-state index contributed by atoms with van der Waals surface area (Å²) in [6.45, 7) is 4.71. The van der Waals surface area contributed by atoms with Crippen LogP contribution in [0.5, 0.6) is 5.75 Å². The molecule has 0 aromatic heterocycles. The third-order valence-corrected chi connectivity index (χ3v) is 4.19. The van der Waals surface area contributed by atoms with Crippen LogP contribution >= 0.6 is 15.9 Å². The first-order chi connectivity index (χ1) is 10.9. The Bertz CT molecular complexity index is 652. The molecule has 0 aliphatic carbocycles. The zero-order chi connectivity index (χ0) is 16.9. The number of amides is 2. The summed E-state index contributed by atoms with van der Waals surface area (Å²) >= 11 is 3.37. The van der Waals surface area contributed by atoms with Gasteiger partial charge in [-0.25, -0.2) is 4.79 Å². The quantitative estimate of drug-likeness (QED) is 0.803. The summed E-state index contributed by atoms with van der Waals surface area (Å²) in [4.78, 5) is 12.0. The second kappa shape index (κ2) is 7.51. The fourth-order valence-corrected chi connectivity index (χ4v) is 2.42. The average Bonchev–Trinajstić information content (AvgIpc) is 2.55. The molecule has 0 aliphatic rings. The normalized spacial score (nSPS) is 11.0. The molecule has 2 aromatic carbocycles. The number of rotatable bonds is 5. The molecule has 0 fully saturated rings. The number of ether oxygens (including phenoxy) is 1. The summed E-state index contributed by atoms with van der Waals surface area (Å²) in [7, 11) is 1.65. The van der Waals surface area contributed by atoms with Crippen molar-refractivity contribution >= 4 is 27.6 Å². The van der Waals surface area contributed by atoms with Gasteiger partial charge in [0.25, 0.3) is 0 Å². The average molecular weight is 377 g/mol. The minimum absolute atomic E-state index is 0.177. The number of benzene rings is 2. The van der Waals surface area contributed by atoms with Gasteiger partial charge in [-0.3, -0.25) is 0 Å². The Morgan fingerprint density at radius 1 is 1.09 bits per heavy atom. The van der Waals surface area contributed by atoms with Crippen LogP contribution in [0.3, 0.4) is 0 Å². The van der Waals surface area contributed by atoms with Gasteiger partial charge >= 0.3 is 6.03 Å². The minimum atomic E-state index is -0.214. The van der Waals surface area contributed by atoms with Crippen LogP contribution in [0.15, 0.2) is 53.0 Å². The summed E-state index contributed by atoms with van der Waals surface area (Å²) < 4.78 is 6.15. The van der Waals surface area contributed by atoms with Crippen LogP contribution in [-0.4, -0.2) is 19.7 Å². The van der Waals surface area contributed by atoms with E-state index in [1.54, 1.807) is 7.11 Å².